The van der Waals surface area contributed by atoms with E-state index in [1.165, 1.54) is 0 Å². The van der Waals surface area contributed by atoms with Crippen LogP contribution in [0.2, 0.25) is 0 Å². The average Bonchev–Trinajstić information content (AvgIpc) is 2.61. The van der Waals surface area contributed by atoms with Gasteiger partial charge in [0.2, 0.25) is 0 Å². The van der Waals surface area contributed by atoms with Crippen LogP contribution in [0.4, 0.5) is 0 Å². The molecule has 0 amide bonds. The maximum Gasteiger partial charge on any atom is 0.138 e. The molecule has 2 rings (SSSR count). The molecule has 0 saturated heterocycles. The van der Waals surface area contributed by atoms with Gasteiger partial charge in [0, 0.05) is 11.5 Å². The molecule has 0 bridgehead atoms. The van der Waals surface area contributed by atoms with Crippen LogP contribution in [0.15, 0.2) is 59.7 Å². The van der Waals surface area contributed by atoms with Crippen LogP contribution in [-0.4, -0.2) is 6.54 Å². The molecule has 0 atom stereocenters. The second-order valence-corrected chi connectivity index (χ2v) is 4.79. The molecule has 2 aromatic rings. The maximum absolute atomic E-state index is 9.19. The number of azide groups is 1. The molecule has 0 aliphatic carbocycles. The van der Waals surface area contributed by atoms with E-state index in [4.69, 9.17) is 10.3 Å². The second-order valence-electron chi connectivity index (χ2n) is 4.79. The van der Waals surface area contributed by atoms with E-state index in [1.54, 1.807) is 6.07 Å². The summed E-state index contributed by atoms with van der Waals surface area (Å²) in [5, 5.41) is 12.7. The Balaban J connectivity index is 2.06. The molecule has 5 heteroatoms. The van der Waals surface area contributed by atoms with Crippen LogP contribution in [0.5, 0.6) is 5.75 Å². The first-order chi connectivity index (χ1) is 11.3. The fourth-order valence-electron chi connectivity index (χ4n) is 1.99. The van der Waals surface area contributed by atoms with Crippen LogP contribution in [0.1, 0.15) is 23.1 Å². The summed E-state index contributed by atoms with van der Waals surface area (Å²) in [5.74, 6) is 0.563. The fourth-order valence-corrected chi connectivity index (χ4v) is 1.99. The number of hydrogen-bond acceptors (Lipinski definition) is 3. The molecule has 0 unspecified atom stereocenters. The van der Waals surface area contributed by atoms with Gasteiger partial charge in [0.15, 0.2) is 0 Å². The molecule has 0 N–H and O–H groups in total. The Bertz CT molecular complexity index is 756. The van der Waals surface area contributed by atoms with Crippen LogP contribution < -0.4 is 4.74 Å². The van der Waals surface area contributed by atoms with Crippen molar-refractivity contribution in [3.8, 4) is 11.8 Å². The van der Waals surface area contributed by atoms with E-state index in [9.17, 15) is 5.26 Å². The van der Waals surface area contributed by atoms with E-state index in [0.717, 1.165) is 11.1 Å². The number of benzene rings is 2. The lowest BCUT2D eigenvalue weighted by Gasteiger charge is -2.09. The topological polar surface area (TPSA) is 81.8 Å². The zero-order valence-corrected chi connectivity index (χ0v) is 12.6. The van der Waals surface area contributed by atoms with Crippen molar-refractivity contribution in [3.05, 3.63) is 81.7 Å². The van der Waals surface area contributed by atoms with Gasteiger partial charge in [0.1, 0.15) is 18.4 Å². The van der Waals surface area contributed by atoms with Gasteiger partial charge >= 0.3 is 0 Å². The first-order valence-electron chi connectivity index (χ1n) is 7.22. The van der Waals surface area contributed by atoms with Gasteiger partial charge in [-0.1, -0.05) is 53.7 Å². The molecular formula is C18H16N4O. The highest BCUT2D eigenvalue weighted by atomic mass is 16.5. The number of nitrogens with zero attached hydrogens (tertiary/aromatic N) is 4. The normalized spacial score (nSPS) is 10.0. The van der Waals surface area contributed by atoms with Crippen molar-refractivity contribution in [1.29, 1.82) is 5.26 Å². The van der Waals surface area contributed by atoms with Crippen LogP contribution in [-0.2, 0) is 6.61 Å². The van der Waals surface area contributed by atoms with E-state index in [1.807, 2.05) is 54.6 Å². The molecule has 2 aromatic carbocycles. The third-order valence-electron chi connectivity index (χ3n) is 3.13. The lowest BCUT2D eigenvalue weighted by molar-refractivity contribution is 0.305. The van der Waals surface area contributed by atoms with Crippen molar-refractivity contribution < 1.29 is 4.74 Å². The predicted molar refractivity (Wildman–Crippen MR) is 89.6 cm³/mol. The molecule has 114 valence electrons. The first kappa shape index (κ1) is 16.2. The molecule has 0 fully saturated rings. The lowest BCUT2D eigenvalue weighted by atomic mass is 10.1. The second kappa shape index (κ2) is 8.93. The van der Waals surface area contributed by atoms with Gasteiger partial charge in [0.05, 0.1) is 5.56 Å². The SMILES string of the molecule is N#Cc1ccc(C=CCCN=[N+]=[N-])cc1OCc1ccccc1. The number of hydrogen-bond donors (Lipinski definition) is 0. The summed E-state index contributed by atoms with van der Waals surface area (Å²) < 4.78 is 5.78. The zero-order chi connectivity index (χ0) is 16.3. The van der Waals surface area contributed by atoms with E-state index >= 15 is 0 Å². The molecule has 0 spiro atoms. The monoisotopic (exact) mass is 304 g/mol. The molecule has 0 saturated carbocycles. The third-order valence-corrected chi connectivity index (χ3v) is 3.13. The van der Waals surface area contributed by atoms with Crippen LogP contribution in [0.3, 0.4) is 0 Å². The van der Waals surface area contributed by atoms with E-state index in [-0.39, 0.29) is 0 Å². The Morgan fingerprint density at radius 1 is 1.22 bits per heavy atom. The lowest BCUT2D eigenvalue weighted by Crippen LogP contribution is -1.97. The standard InChI is InChI=1S/C18H16N4O/c19-13-17-10-9-15(6-4-5-11-21-22-20)12-18(17)23-14-16-7-2-1-3-8-16/h1-4,6-10,12H,5,11,14H2. The summed E-state index contributed by atoms with van der Waals surface area (Å²) in [6.45, 7) is 0.847. The predicted octanol–water partition coefficient (Wildman–Crippen LogP) is 4.85. The number of ether oxygens (including phenoxy) is 1. The minimum atomic E-state index is 0.416. The Morgan fingerprint density at radius 3 is 2.78 bits per heavy atom. The Hall–Kier alpha value is -3.22. The summed E-state index contributed by atoms with van der Waals surface area (Å²) >= 11 is 0. The van der Waals surface area contributed by atoms with E-state index in [0.29, 0.717) is 30.9 Å². The smallest absolute Gasteiger partial charge is 0.138 e. The van der Waals surface area contributed by atoms with Gasteiger partial charge in [-0.3, -0.25) is 0 Å². The van der Waals surface area contributed by atoms with Crippen molar-refractivity contribution in [3.63, 3.8) is 0 Å². The Kier molecular flexibility index (Phi) is 6.27. The summed E-state index contributed by atoms with van der Waals surface area (Å²) in [6.07, 6.45) is 4.52. The molecule has 0 radical (unpaired) electrons. The van der Waals surface area contributed by atoms with Crippen molar-refractivity contribution in [1.82, 2.24) is 0 Å². The molecule has 0 heterocycles. The largest absolute Gasteiger partial charge is 0.488 e. The Labute approximate surface area is 135 Å². The highest BCUT2D eigenvalue weighted by molar-refractivity contribution is 5.56. The quantitative estimate of drug-likeness (QED) is 0.317. The van der Waals surface area contributed by atoms with E-state index < -0.39 is 0 Å². The van der Waals surface area contributed by atoms with Gasteiger partial charge in [-0.25, -0.2) is 0 Å². The molecule has 0 aromatic heterocycles. The molecule has 0 aliphatic heterocycles. The molecule has 0 aliphatic rings. The van der Waals surface area contributed by atoms with E-state index in [2.05, 4.69) is 16.1 Å². The zero-order valence-electron chi connectivity index (χ0n) is 12.6. The average molecular weight is 304 g/mol. The fraction of sp³-hybridized carbons (Fsp3) is 0.167. The van der Waals surface area contributed by atoms with Crippen molar-refractivity contribution >= 4 is 6.08 Å². The van der Waals surface area contributed by atoms with Crippen LogP contribution >= 0.6 is 0 Å². The van der Waals surface area contributed by atoms with Gasteiger partial charge in [-0.15, -0.1) is 0 Å². The summed E-state index contributed by atoms with van der Waals surface area (Å²) in [5.41, 5.74) is 10.7. The third kappa shape index (κ3) is 5.24. The highest BCUT2D eigenvalue weighted by Gasteiger charge is 2.04. The van der Waals surface area contributed by atoms with Crippen LogP contribution in [0.25, 0.3) is 16.5 Å². The first-order valence-corrected chi connectivity index (χ1v) is 7.22. The highest BCUT2D eigenvalue weighted by Crippen LogP contribution is 2.22. The summed E-state index contributed by atoms with van der Waals surface area (Å²) in [7, 11) is 0. The van der Waals surface area contributed by atoms with Gasteiger partial charge in [0.25, 0.3) is 0 Å². The number of nitriles is 1. The van der Waals surface area contributed by atoms with Gasteiger partial charge in [-0.2, -0.15) is 5.26 Å². The van der Waals surface area contributed by atoms with Gasteiger partial charge in [-0.05, 0) is 35.2 Å². The summed E-state index contributed by atoms with van der Waals surface area (Å²) in [6, 6.07) is 17.4. The number of rotatable bonds is 7. The minimum absolute atomic E-state index is 0.416. The van der Waals surface area contributed by atoms with Crippen molar-refractivity contribution in [2.24, 2.45) is 5.11 Å². The Morgan fingerprint density at radius 2 is 2.04 bits per heavy atom. The van der Waals surface area contributed by atoms with Crippen LogP contribution in [0, 0.1) is 11.3 Å². The molecule has 23 heavy (non-hydrogen) atoms. The molecular weight excluding hydrogens is 288 g/mol. The minimum Gasteiger partial charge on any atom is -0.488 e. The van der Waals surface area contributed by atoms with Crippen molar-refractivity contribution in [2.75, 3.05) is 6.54 Å². The van der Waals surface area contributed by atoms with Crippen molar-refractivity contribution in [2.45, 2.75) is 13.0 Å². The molecule has 5 nitrogen and oxygen atoms in total. The maximum atomic E-state index is 9.19. The summed E-state index contributed by atoms with van der Waals surface area (Å²) in [4.78, 5) is 2.71. The van der Waals surface area contributed by atoms with Gasteiger partial charge < -0.3 is 4.74 Å².